The molecule has 6 N–H and O–H groups in total. The Kier molecular flexibility index (Phi) is 16.1. The molecule has 7 atom stereocenters. The number of hydrogen-bond acceptors (Lipinski definition) is 9. The van der Waals surface area contributed by atoms with Crippen LogP contribution in [-0.2, 0) is 9.53 Å². The van der Waals surface area contributed by atoms with Gasteiger partial charge in [0.15, 0.2) is 6.29 Å². The summed E-state index contributed by atoms with van der Waals surface area (Å²) in [5.41, 5.74) is -0.864. The van der Waals surface area contributed by atoms with E-state index in [1.54, 1.807) is 6.26 Å². The maximum Gasteiger partial charge on any atom is 0.401 e. The van der Waals surface area contributed by atoms with Crippen molar-refractivity contribution in [3.05, 3.63) is 0 Å². The van der Waals surface area contributed by atoms with Gasteiger partial charge in [0.2, 0.25) is 5.91 Å². The lowest BCUT2D eigenvalue weighted by Crippen LogP contribution is -2.57. The first-order chi connectivity index (χ1) is 18.9. The summed E-state index contributed by atoms with van der Waals surface area (Å²) < 4.78 is 42.7. The van der Waals surface area contributed by atoms with Gasteiger partial charge in [-0.15, -0.1) is 11.8 Å². The van der Waals surface area contributed by atoms with Gasteiger partial charge in [-0.25, -0.2) is 0 Å². The van der Waals surface area contributed by atoms with E-state index in [2.05, 4.69) is 27.8 Å². The summed E-state index contributed by atoms with van der Waals surface area (Å²) in [7, 11) is 0. The number of aliphatic hydroxyl groups excluding tert-OH is 3. The van der Waals surface area contributed by atoms with Crippen LogP contribution in [0.25, 0.3) is 0 Å². The van der Waals surface area contributed by atoms with E-state index >= 15 is 0 Å². The Morgan fingerprint density at radius 2 is 1.85 bits per heavy atom. The van der Waals surface area contributed by atoms with Gasteiger partial charge in [0.25, 0.3) is 0 Å². The highest BCUT2D eigenvalue weighted by Crippen LogP contribution is 2.27. The van der Waals surface area contributed by atoms with Crippen LogP contribution in [0.5, 0.6) is 0 Å². The van der Waals surface area contributed by atoms with Crippen molar-refractivity contribution in [1.82, 2.24) is 20.9 Å². The summed E-state index contributed by atoms with van der Waals surface area (Å²) >= 11 is 1.18. The molecule has 2 aliphatic rings. The average molecular weight is 601 g/mol. The molecule has 0 spiro atoms. The number of nitrogens with one attached hydrogen (secondary N) is 3. The van der Waals surface area contributed by atoms with Gasteiger partial charge < -0.3 is 40.9 Å². The number of aliphatic hydroxyl groups is 3. The van der Waals surface area contributed by atoms with Gasteiger partial charge in [0.1, 0.15) is 11.5 Å². The SMILES string of the molecule is CCCN1CCC(C(NC(=O)C2CCC(CCCNCC(F)(F)F)CCN2)C(O)OC(SC)C(O)C(C)O)CC1. The standard InChI is InChI=1S/C27H51F3N4O5S/c1-4-14-34-15-10-20(11-16-34)22(25(38)39-26(40-3)23(36)18(2)35)33-24(37)21-8-7-19(9-13-32-21)6-5-12-31-17-27(28,29)30/h18-23,25-26,31-32,35-36,38H,4-17H2,1-3H3,(H,33,37). The molecule has 2 saturated heterocycles. The molecular formula is C27H51F3N4O5S. The first kappa shape index (κ1) is 35.5. The number of thioether (sulfide) groups is 1. The van der Waals surface area contributed by atoms with E-state index < -0.39 is 48.7 Å². The maximum atomic E-state index is 13.4. The molecule has 0 aromatic heterocycles. The normalized spacial score (nSPS) is 25.5. The number of likely N-dealkylation sites (tertiary alicyclic amines) is 1. The molecule has 0 aliphatic carbocycles. The van der Waals surface area contributed by atoms with Crippen LogP contribution in [0.4, 0.5) is 13.2 Å². The van der Waals surface area contributed by atoms with Gasteiger partial charge in [-0.05, 0) is 109 Å². The highest BCUT2D eigenvalue weighted by Gasteiger charge is 2.37. The van der Waals surface area contributed by atoms with Crippen LogP contribution in [0.3, 0.4) is 0 Å². The fourth-order valence-corrected chi connectivity index (χ4v) is 6.36. The first-order valence-electron chi connectivity index (χ1n) is 14.7. The Hall–Kier alpha value is -0.670. The monoisotopic (exact) mass is 600 g/mol. The highest BCUT2D eigenvalue weighted by molar-refractivity contribution is 7.99. The summed E-state index contributed by atoms with van der Waals surface area (Å²) in [6.45, 7) is 6.28. The number of hydrogen-bond donors (Lipinski definition) is 6. The van der Waals surface area contributed by atoms with Crippen LogP contribution < -0.4 is 16.0 Å². The number of halogens is 3. The number of carbonyl (C=O) groups is 1. The van der Waals surface area contributed by atoms with Gasteiger partial charge in [-0.1, -0.05) is 6.92 Å². The third-order valence-corrected chi connectivity index (χ3v) is 8.84. The van der Waals surface area contributed by atoms with E-state index in [1.807, 2.05) is 0 Å². The summed E-state index contributed by atoms with van der Waals surface area (Å²) in [6, 6.07) is -1.12. The van der Waals surface area contributed by atoms with Crippen LogP contribution in [0.1, 0.15) is 65.2 Å². The minimum atomic E-state index is -4.21. The van der Waals surface area contributed by atoms with Crippen LogP contribution in [-0.4, -0.2) is 114 Å². The average Bonchev–Trinajstić information content (AvgIpc) is 3.15. The van der Waals surface area contributed by atoms with Crippen molar-refractivity contribution in [2.24, 2.45) is 11.8 Å². The second-order valence-electron chi connectivity index (χ2n) is 11.2. The molecule has 0 saturated carbocycles. The molecule has 7 unspecified atom stereocenters. The third-order valence-electron chi connectivity index (χ3n) is 7.99. The zero-order valence-corrected chi connectivity index (χ0v) is 25.0. The fourth-order valence-electron chi connectivity index (χ4n) is 5.63. The molecule has 2 fully saturated rings. The van der Waals surface area contributed by atoms with E-state index in [0.29, 0.717) is 31.8 Å². The second kappa shape index (κ2) is 18.1. The molecule has 9 nitrogen and oxygen atoms in total. The van der Waals surface area contributed by atoms with Crippen LogP contribution in [0, 0.1) is 11.8 Å². The number of carbonyl (C=O) groups excluding carboxylic acids is 1. The van der Waals surface area contributed by atoms with Crippen LogP contribution >= 0.6 is 11.8 Å². The van der Waals surface area contributed by atoms with Crippen molar-refractivity contribution in [2.75, 3.05) is 45.5 Å². The highest BCUT2D eigenvalue weighted by atomic mass is 32.2. The Bertz CT molecular complexity index is 716. The number of amides is 1. The Morgan fingerprint density at radius 3 is 2.45 bits per heavy atom. The van der Waals surface area contributed by atoms with Crippen LogP contribution in [0.2, 0.25) is 0 Å². The van der Waals surface area contributed by atoms with Gasteiger partial charge in [-0.2, -0.15) is 13.2 Å². The molecule has 0 bridgehead atoms. The zero-order chi connectivity index (χ0) is 29.7. The van der Waals surface area contributed by atoms with Crippen molar-refractivity contribution in [3.63, 3.8) is 0 Å². The second-order valence-corrected chi connectivity index (χ2v) is 12.2. The van der Waals surface area contributed by atoms with E-state index in [4.69, 9.17) is 4.74 Å². The van der Waals surface area contributed by atoms with E-state index in [9.17, 15) is 33.3 Å². The lowest BCUT2D eigenvalue weighted by Gasteiger charge is -2.39. The van der Waals surface area contributed by atoms with Crippen molar-refractivity contribution in [1.29, 1.82) is 0 Å². The molecule has 0 aromatic rings. The number of ether oxygens (including phenoxy) is 1. The summed E-state index contributed by atoms with van der Waals surface area (Å²) in [4.78, 5) is 15.8. The molecule has 2 aliphatic heterocycles. The van der Waals surface area contributed by atoms with Gasteiger partial charge in [0.05, 0.1) is 24.7 Å². The van der Waals surface area contributed by atoms with Crippen molar-refractivity contribution < 1.29 is 38.0 Å². The lowest BCUT2D eigenvalue weighted by atomic mass is 9.88. The van der Waals surface area contributed by atoms with E-state index in [1.165, 1.54) is 18.7 Å². The van der Waals surface area contributed by atoms with E-state index in [-0.39, 0.29) is 11.8 Å². The minimum absolute atomic E-state index is 0.0130. The molecule has 13 heteroatoms. The Balaban J connectivity index is 1.96. The van der Waals surface area contributed by atoms with Gasteiger partial charge in [-0.3, -0.25) is 4.79 Å². The van der Waals surface area contributed by atoms with Crippen molar-refractivity contribution in [3.8, 4) is 0 Å². The van der Waals surface area contributed by atoms with E-state index in [0.717, 1.165) is 58.2 Å². The number of piperidine rings is 1. The Morgan fingerprint density at radius 1 is 1.15 bits per heavy atom. The van der Waals surface area contributed by atoms with Gasteiger partial charge in [0, 0.05) is 0 Å². The number of nitrogens with zero attached hydrogens (tertiary/aromatic N) is 1. The number of alkyl halides is 3. The molecule has 2 rings (SSSR count). The summed E-state index contributed by atoms with van der Waals surface area (Å²) in [5, 5.41) is 40.1. The lowest BCUT2D eigenvalue weighted by molar-refractivity contribution is -0.174. The molecule has 0 aromatic carbocycles. The predicted molar refractivity (Wildman–Crippen MR) is 151 cm³/mol. The Labute approximate surface area is 241 Å². The molecule has 1 amide bonds. The van der Waals surface area contributed by atoms with Gasteiger partial charge >= 0.3 is 6.18 Å². The minimum Gasteiger partial charge on any atom is -0.391 e. The molecule has 2 heterocycles. The maximum absolute atomic E-state index is 13.4. The zero-order valence-electron chi connectivity index (χ0n) is 24.2. The topological polar surface area (TPSA) is 126 Å². The molecule has 236 valence electrons. The molecule has 40 heavy (non-hydrogen) atoms. The quantitative estimate of drug-likeness (QED) is 0.117. The van der Waals surface area contributed by atoms with Crippen molar-refractivity contribution >= 4 is 17.7 Å². The summed E-state index contributed by atoms with van der Waals surface area (Å²) in [5.74, 6) is 0.101. The third kappa shape index (κ3) is 12.7. The molecular weight excluding hydrogens is 549 g/mol. The van der Waals surface area contributed by atoms with Crippen molar-refractivity contribution in [2.45, 2.75) is 107 Å². The predicted octanol–water partition coefficient (Wildman–Crippen LogP) is 2.05. The summed E-state index contributed by atoms with van der Waals surface area (Å²) in [6.07, 6.45) is 0.230. The first-order valence-corrected chi connectivity index (χ1v) is 16.0. The fraction of sp³-hybridized carbons (Fsp3) is 0.963. The largest absolute Gasteiger partial charge is 0.401 e. The molecule has 0 radical (unpaired) electrons. The van der Waals surface area contributed by atoms with Crippen LogP contribution in [0.15, 0.2) is 0 Å². The number of rotatable bonds is 16. The smallest absolute Gasteiger partial charge is 0.391 e.